The van der Waals surface area contributed by atoms with E-state index in [4.69, 9.17) is 0 Å². The number of thiophene rings is 1. The molecule has 2 rings (SSSR count). The van der Waals surface area contributed by atoms with Gasteiger partial charge in [0.15, 0.2) is 0 Å². The molecule has 1 amide bonds. The summed E-state index contributed by atoms with van der Waals surface area (Å²) in [7, 11) is -0.638. The van der Waals surface area contributed by atoms with Gasteiger partial charge in [0.25, 0.3) is 5.91 Å². The third-order valence-electron chi connectivity index (χ3n) is 3.21. The predicted octanol–water partition coefficient (Wildman–Crippen LogP) is 0.434. The van der Waals surface area contributed by atoms with E-state index in [0.29, 0.717) is 18.0 Å². The van der Waals surface area contributed by atoms with Gasteiger partial charge < -0.3 is 10.2 Å². The number of carbonyl (C=O) groups excluding carboxylic acids is 1. The molecule has 1 aromatic heterocycles. The van der Waals surface area contributed by atoms with Crippen LogP contribution in [0, 0.1) is 0 Å². The first-order valence-electron chi connectivity index (χ1n) is 6.44. The van der Waals surface area contributed by atoms with Gasteiger partial charge in [-0.25, -0.2) is 12.7 Å². The highest BCUT2D eigenvalue weighted by atomic mass is 32.2. The van der Waals surface area contributed by atoms with Gasteiger partial charge in [-0.05, 0) is 24.4 Å². The number of nitrogens with one attached hydrogen (secondary N) is 1. The molecule has 1 saturated heterocycles. The van der Waals surface area contributed by atoms with Crippen molar-refractivity contribution in [1.29, 1.82) is 0 Å². The van der Waals surface area contributed by atoms with Crippen LogP contribution in [0.2, 0.25) is 0 Å². The van der Waals surface area contributed by atoms with Crippen molar-refractivity contribution in [1.82, 2.24) is 14.5 Å². The Hall–Kier alpha value is -0.960. The van der Waals surface area contributed by atoms with Crippen LogP contribution >= 0.6 is 11.3 Å². The molecule has 1 fully saturated rings. The first-order valence-corrected chi connectivity index (χ1v) is 8.76. The lowest BCUT2D eigenvalue weighted by molar-refractivity contribution is 0.0767. The van der Waals surface area contributed by atoms with Crippen LogP contribution in [0.4, 0.5) is 0 Å². The van der Waals surface area contributed by atoms with Crippen molar-refractivity contribution < 1.29 is 13.2 Å². The van der Waals surface area contributed by atoms with E-state index in [1.54, 1.807) is 10.3 Å². The lowest BCUT2D eigenvalue weighted by Gasteiger charge is -2.20. The molecule has 2 heterocycles. The predicted molar refractivity (Wildman–Crippen MR) is 78.6 cm³/mol. The van der Waals surface area contributed by atoms with Crippen molar-refractivity contribution in [3.8, 4) is 0 Å². The maximum Gasteiger partial charge on any atom is 0.265 e. The second-order valence-corrected chi connectivity index (χ2v) is 7.83. The summed E-state index contributed by atoms with van der Waals surface area (Å²) in [5.41, 5.74) is 0. The molecular weight excluding hydrogens is 298 g/mol. The van der Waals surface area contributed by atoms with Crippen molar-refractivity contribution in [2.75, 3.05) is 40.3 Å². The molecule has 1 aromatic rings. The zero-order chi connectivity index (χ0) is 14.8. The summed E-state index contributed by atoms with van der Waals surface area (Å²) in [6, 6.07) is 1.50. The molecule has 20 heavy (non-hydrogen) atoms. The maximum atomic E-state index is 12.5. The first kappa shape index (κ1) is 15.4. The highest BCUT2D eigenvalue weighted by Gasteiger charge is 2.28. The van der Waals surface area contributed by atoms with Crippen molar-refractivity contribution in [3.05, 3.63) is 16.3 Å². The zero-order valence-electron chi connectivity index (χ0n) is 11.6. The smallest absolute Gasteiger partial charge is 0.265 e. The third-order valence-corrected chi connectivity index (χ3v) is 6.10. The molecule has 1 N–H and O–H groups in total. The molecule has 112 valence electrons. The Morgan fingerprint density at radius 3 is 2.80 bits per heavy atom. The fourth-order valence-corrected chi connectivity index (χ4v) is 4.30. The minimum absolute atomic E-state index is 0.106. The zero-order valence-corrected chi connectivity index (χ0v) is 13.3. The van der Waals surface area contributed by atoms with Crippen molar-refractivity contribution in [2.24, 2.45) is 0 Å². The molecule has 8 heteroatoms. The van der Waals surface area contributed by atoms with Crippen LogP contribution in [-0.4, -0.2) is 63.8 Å². The number of rotatable bonds is 3. The summed E-state index contributed by atoms with van der Waals surface area (Å²) in [6.45, 7) is 2.90. The normalized spacial score (nSPS) is 17.2. The second-order valence-electron chi connectivity index (χ2n) is 4.80. The summed E-state index contributed by atoms with van der Waals surface area (Å²) in [5.74, 6) is -0.191. The van der Waals surface area contributed by atoms with Crippen LogP contribution < -0.4 is 5.32 Å². The van der Waals surface area contributed by atoms with Crippen LogP contribution in [0.5, 0.6) is 0 Å². The van der Waals surface area contributed by atoms with E-state index >= 15 is 0 Å². The highest BCUT2D eigenvalue weighted by molar-refractivity contribution is 7.89. The lowest BCUT2D eigenvalue weighted by Crippen LogP contribution is -2.35. The van der Waals surface area contributed by atoms with Crippen molar-refractivity contribution >= 4 is 27.3 Å². The topological polar surface area (TPSA) is 69.7 Å². The molecule has 0 unspecified atom stereocenters. The van der Waals surface area contributed by atoms with Gasteiger partial charge >= 0.3 is 0 Å². The standard InChI is InChI=1S/C12H19N3O3S2/c1-14(2)20(17,18)10-4-9-19-11(10)12(16)15-7-3-5-13-6-8-15/h4,9,13H,3,5-8H2,1-2H3. The molecule has 0 spiro atoms. The minimum atomic E-state index is -3.58. The molecule has 0 bridgehead atoms. The van der Waals surface area contributed by atoms with E-state index in [9.17, 15) is 13.2 Å². The van der Waals surface area contributed by atoms with E-state index in [0.717, 1.165) is 23.8 Å². The van der Waals surface area contributed by atoms with Gasteiger partial charge in [-0.15, -0.1) is 11.3 Å². The van der Waals surface area contributed by atoms with E-state index in [1.165, 1.54) is 31.5 Å². The van der Waals surface area contributed by atoms with E-state index in [-0.39, 0.29) is 10.8 Å². The Morgan fingerprint density at radius 1 is 1.35 bits per heavy atom. The summed E-state index contributed by atoms with van der Waals surface area (Å²) < 4.78 is 25.6. The molecule has 0 saturated carbocycles. The number of amides is 1. The number of hydrogen-bond donors (Lipinski definition) is 1. The van der Waals surface area contributed by atoms with Crippen LogP contribution in [0.15, 0.2) is 16.3 Å². The summed E-state index contributed by atoms with van der Waals surface area (Å²) in [5, 5.41) is 4.88. The van der Waals surface area contributed by atoms with Crippen LogP contribution in [0.1, 0.15) is 16.1 Å². The minimum Gasteiger partial charge on any atom is -0.337 e. The van der Waals surface area contributed by atoms with Crippen LogP contribution in [-0.2, 0) is 10.0 Å². The van der Waals surface area contributed by atoms with E-state index in [1.807, 2.05) is 0 Å². The fraction of sp³-hybridized carbons (Fsp3) is 0.583. The van der Waals surface area contributed by atoms with Gasteiger partial charge in [-0.1, -0.05) is 0 Å². The highest BCUT2D eigenvalue weighted by Crippen LogP contribution is 2.25. The van der Waals surface area contributed by atoms with Gasteiger partial charge in [-0.2, -0.15) is 0 Å². The van der Waals surface area contributed by atoms with Gasteiger partial charge in [0.2, 0.25) is 10.0 Å². The molecule has 0 atom stereocenters. The lowest BCUT2D eigenvalue weighted by atomic mass is 10.3. The Bertz CT molecular complexity index is 573. The molecule has 0 radical (unpaired) electrons. The molecule has 1 aliphatic heterocycles. The number of hydrogen-bond acceptors (Lipinski definition) is 5. The third kappa shape index (κ3) is 3.03. The number of sulfonamides is 1. The van der Waals surface area contributed by atoms with Gasteiger partial charge in [0, 0.05) is 33.7 Å². The summed E-state index contributed by atoms with van der Waals surface area (Å²) >= 11 is 1.18. The van der Waals surface area contributed by atoms with Crippen molar-refractivity contribution in [3.63, 3.8) is 0 Å². The van der Waals surface area contributed by atoms with Crippen LogP contribution in [0.3, 0.4) is 0 Å². The summed E-state index contributed by atoms with van der Waals surface area (Å²) in [4.78, 5) is 14.7. The Morgan fingerprint density at radius 2 is 2.10 bits per heavy atom. The summed E-state index contributed by atoms with van der Waals surface area (Å²) in [6.07, 6.45) is 0.882. The monoisotopic (exact) mass is 317 g/mol. The van der Waals surface area contributed by atoms with Gasteiger partial charge in [0.1, 0.15) is 9.77 Å². The van der Waals surface area contributed by atoms with Gasteiger partial charge in [-0.3, -0.25) is 4.79 Å². The fourth-order valence-electron chi connectivity index (χ4n) is 2.05. The van der Waals surface area contributed by atoms with Crippen molar-refractivity contribution in [2.45, 2.75) is 11.3 Å². The van der Waals surface area contributed by atoms with E-state index in [2.05, 4.69) is 5.32 Å². The van der Waals surface area contributed by atoms with Crippen LogP contribution in [0.25, 0.3) is 0 Å². The second kappa shape index (κ2) is 6.21. The molecule has 6 nitrogen and oxygen atoms in total. The van der Waals surface area contributed by atoms with Gasteiger partial charge in [0.05, 0.1) is 0 Å². The Labute approximate surface area is 123 Å². The quantitative estimate of drug-likeness (QED) is 0.878. The average molecular weight is 317 g/mol. The SMILES string of the molecule is CN(C)S(=O)(=O)c1ccsc1C(=O)N1CCCNCC1. The molecule has 1 aliphatic rings. The number of nitrogens with zero attached hydrogens (tertiary/aromatic N) is 2. The molecule has 0 aliphatic carbocycles. The largest absolute Gasteiger partial charge is 0.337 e. The maximum absolute atomic E-state index is 12.5. The molecule has 0 aromatic carbocycles. The van der Waals surface area contributed by atoms with E-state index < -0.39 is 10.0 Å². The number of carbonyl (C=O) groups is 1. The average Bonchev–Trinajstić information content (AvgIpc) is 2.74. The molecular formula is C12H19N3O3S2. The Kier molecular flexibility index (Phi) is 4.79. The Balaban J connectivity index is 2.30. The first-order chi connectivity index (χ1) is 9.44.